The second-order valence-corrected chi connectivity index (χ2v) is 6.82. The van der Waals surface area contributed by atoms with Gasteiger partial charge in [0.25, 0.3) is 5.91 Å². The molecule has 1 aromatic carbocycles. The summed E-state index contributed by atoms with van der Waals surface area (Å²) in [6.45, 7) is 0. The number of primary amides is 1. The minimum absolute atomic E-state index is 0.139. The molecule has 3 aromatic rings. The highest BCUT2D eigenvalue weighted by atomic mass is 16.2. The van der Waals surface area contributed by atoms with Gasteiger partial charge in [0, 0.05) is 49.7 Å². The average Bonchev–Trinajstić information content (AvgIpc) is 2.71. The van der Waals surface area contributed by atoms with Crippen molar-refractivity contribution in [3.63, 3.8) is 0 Å². The van der Waals surface area contributed by atoms with Crippen molar-refractivity contribution in [2.75, 3.05) is 11.9 Å². The number of hydrogen-bond donors (Lipinski definition) is 1. The molecule has 2 aromatic heterocycles. The fraction of sp³-hybridized carbons (Fsp3) is 0.190. The largest absolute Gasteiger partial charge is 0.364 e. The van der Waals surface area contributed by atoms with E-state index in [-0.39, 0.29) is 11.6 Å². The summed E-state index contributed by atoms with van der Waals surface area (Å²) in [6, 6.07) is 9.87. The fourth-order valence-corrected chi connectivity index (χ4v) is 3.51. The van der Waals surface area contributed by atoms with Crippen LogP contribution in [0.25, 0.3) is 11.1 Å². The maximum Gasteiger partial charge on any atom is 0.269 e. The van der Waals surface area contributed by atoms with Gasteiger partial charge in [-0.2, -0.15) is 5.10 Å². The highest BCUT2D eigenvalue weighted by Gasteiger charge is 2.21. The number of aryl methyl sites for hydroxylation is 1. The number of benzene rings is 1. The molecular weight excluding hydrogens is 354 g/mol. The first kappa shape index (κ1) is 17.8. The quantitative estimate of drug-likeness (QED) is 0.755. The van der Waals surface area contributed by atoms with Crippen LogP contribution >= 0.6 is 0 Å². The van der Waals surface area contributed by atoms with Gasteiger partial charge in [0.05, 0.1) is 0 Å². The standard InChI is InChI=1S/C21H19N5O2/c1-26-18-4-2-14(10-15(18)3-5-19(26)27)17-9-13(11-23-12-17)8-16-6-7-24-25-20(16)21(22)28/h2,4,6-7,9-12H,3,5,8H2,1H3,(H2,22,28). The molecule has 3 heterocycles. The van der Waals surface area contributed by atoms with Gasteiger partial charge in [-0.25, -0.2) is 0 Å². The maximum atomic E-state index is 11.9. The molecule has 1 aliphatic heterocycles. The number of nitrogens with zero attached hydrogens (tertiary/aromatic N) is 4. The summed E-state index contributed by atoms with van der Waals surface area (Å²) in [7, 11) is 1.81. The predicted molar refractivity (Wildman–Crippen MR) is 105 cm³/mol. The summed E-state index contributed by atoms with van der Waals surface area (Å²) in [5.41, 5.74) is 11.3. The van der Waals surface area contributed by atoms with Gasteiger partial charge in [-0.15, -0.1) is 5.10 Å². The molecule has 2 N–H and O–H groups in total. The Hall–Kier alpha value is -3.61. The van der Waals surface area contributed by atoms with Gasteiger partial charge >= 0.3 is 0 Å². The van der Waals surface area contributed by atoms with E-state index >= 15 is 0 Å². The first-order valence-corrected chi connectivity index (χ1v) is 8.97. The van der Waals surface area contributed by atoms with Crippen molar-refractivity contribution in [1.82, 2.24) is 15.2 Å². The Morgan fingerprint density at radius 3 is 2.82 bits per heavy atom. The van der Waals surface area contributed by atoms with Crippen LogP contribution in [0.4, 0.5) is 5.69 Å². The first-order valence-electron chi connectivity index (χ1n) is 8.97. The molecule has 7 heteroatoms. The average molecular weight is 373 g/mol. The third-order valence-corrected chi connectivity index (χ3v) is 4.98. The lowest BCUT2D eigenvalue weighted by atomic mass is 9.95. The molecule has 0 aliphatic carbocycles. The normalized spacial score (nSPS) is 13.3. The molecule has 0 saturated heterocycles. The van der Waals surface area contributed by atoms with Crippen molar-refractivity contribution < 1.29 is 9.59 Å². The lowest BCUT2D eigenvalue weighted by molar-refractivity contribution is -0.118. The lowest BCUT2D eigenvalue weighted by Gasteiger charge is -2.26. The summed E-state index contributed by atoms with van der Waals surface area (Å²) in [5, 5.41) is 7.57. The zero-order valence-electron chi connectivity index (χ0n) is 15.4. The SMILES string of the molecule is CN1C(=O)CCc2cc(-c3cncc(Cc4ccnnc4C(N)=O)c3)ccc21. The highest BCUT2D eigenvalue weighted by molar-refractivity contribution is 5.96. The van der Waals surface area contributed by atoms with Crippen LogP contribution in [0.3, 0.4) is 0 Å². The molecule has 140 valence electrons. The molecule has 0 unspecified atom stereocenters. The van der Waals surface area contributed by atoms with E-state index in [2.05, 4.69) is 21.2 Å². The van der Waals surface area contributed by atoms with Gasteiger partial charge in [-0.3, -0.25) is 14.6 Å². The van der Waals surface area contributed by atoms with Crippen molar-refractivity contribution in [2.45, 2.75) is 19.3 Å². The maximum absolute atomic E-state index is 11.9. The molecule has 0 atom stereocenters. The molecule has 0 bridgehead atoms. The minimum Gasteiger partial charge on any atom is -0.364 e. The zero-order chi connectivity index (χ0) is 19.7. The minimum atomic E-state index is -0.597. The summed E-state index contributed by atoms with van der Waals surface area (Å²) in [5.74, 6) is -0.458. The molecule has 0 saturated carbocycles. The van der Waals surface area contributed by atoms with E-state index in [1.807, 2.05) is 24.4 Å². The van der Waals surface area contributed by atoms with Gasteiger partial charge < -0.3 is 10.6 Å². The molecule has 7 nitrogen and oxygen atoms in total. The Bertz CT molecular complexity index is 1080. The van der Waals surface area contributed by atoms with Crippen LogP contribution in [0.15, 0.2) is 48.9 Å². The van der Waals surface area contributed by atoms with E-state index in [0.717, 1.165) is 34.4 Å². The van der Waals surface area contributed by atoms with Crippen LogP contribution < -0.4 is 10.6 Å². The second-order valence-electron chi connectivity index (χ2n) is 6.82. The molecule has 2 amide bonds. The first-order chi connectivity index (χ1) is 13.5. The van der Waals surface area contributed by atoms with Crippen LogP contribution in [0.1, 0.15) is 33.6 Å². The summed E-state index contributed by atoms with van der Waals surface area (Å²) in [6.07, 6.45) is 6.86. The van der Waals surface area contributed by atoms with Crippen LogP contribution in [-0.2, 0) is 17.6 Å². The second kappa shape index (κ2) is 7.19. The van der Waals surface area contributed by atoms with Crippen molar-refractivity contribution in [3.8, 4) is 11.1 Å². The topological polar surface area (TPSA) is 102 Å². The predicted octanol–water partition coefficient (Wildman–Crippen LogP) is 2.14. The number of pyridine rings is 1. The van der Waals surface area contributed by atoms with Crippen molar-refractivity contribution in [2.24, 2.45) is 5.73 Å². The Kier molecular flexibility index (Phi) is 4.57. The number of aromatic nitrogens is 3. The summed E-state index contributed by atoms with van der Waals surface area (Å²) >= 11 is 0. The van der Waals surface area contributed by atoms with E-state index in [0.29, 0.717) is 18.4 Å². The number of carbonyl (C=O) groups is 2. The molecule has 28 heavy (non-hydrogen) atoms. The van der Waals surface area contributed by atoms with Crippen LogP contribution in [0.2, 0.25) is 0 Å². The third kappa shape index (κ3) is 3.34. The number of hydrogen-bond acceptors (Lipinski definition) is 5. The lowest BCUT2D eigenvalue weighted by Crippen LogP contribution is -2.30. The number of fused-ring (bicyclic) bond motifs is 1. The summed E-state index contributed by atoms with van der Waals surface area (Å²) < 4.78 is 0. The van der Waals surface area contributed by atoms with E-state index < -0.39 is 5.91 Å². The van der Waals surface area contributed by atoms with Crippen LogP contribution in [-0.4, -0.2) is 34.0 Å². The Morgan fingerprint density at radius 2 is 2.00 bits per heavy atom. The Balaban J connectivity index is 1.65. The molecular formula is C21H19N5O2. The molecule has 0 fully saturated rings. The van der Waals surface area contributed by atoms with E-state index in [1.54, 1.807) is 30.4 Å². The van der Waals surface area contributed by atoms with Crippen molar-refractivity contribution in [3.05, 3.63) is 71.3 Å². The highest BCUT2D eigenvalue weighted by Crippen LogP contribution is 2.31. The van der Waals surface area contributed by atoms with Gasteiger partial charge in [-0.1, -0.05) is 6.07 Å². The van der Waals surface area contributed by atoms with Crippen LogP contribution in [0.5, 0.6) is 0 Å². The van der Waals surface area contributed by atoms with Gasteiger partial charge in [0.15, 0.2) is 5.69 Å². The molecule has 1 aliphatic rings. The Morgan fingerprint density at radius 1 is 1.14 bits per heavy atom. The number of carbonyl (C=O) groups excluding carboxylic acids is 2. The fourth-order valence-electron chi connectivity index (χ4n) is 3.51. The van der Waals surface area contributed by atoms with Gasteiger partial charge in [-0.05, 0) is 52.9 Å². The molecule has 4 rings (SSSR count). The summed E-state index contributed by atoms with van der Waals surface area (Å²) in [4.78, 5) is 29.5. The van der Waals surface area contributed by atoms with E-state index in [4.69, 9.17) is 5.73 Å². The van der Waals surface area contributed by atoms with Crippen molar-refractivity contribution in [1.29, 1.82) is 0 Å². The monoisotopic (exact) mass is 373 g/mol. The Labute approximate surface area is 162 Å². The van der Waals surface area contributed by atoms with E-state index in [1.165, 1.54) is 0 Å². The molecule has 0 spiro atoms. The smallest absolute Gasteiger partial charge is 0.269 e. The van der Waals surface area contributed by atoms with Crippen molar-refractivity contribution >= 4 is 17.5 Å². The molecule has 0 radical (unpaired) electrons. The zero-order valence-corrected chi connectivity index (χ0v) is 15.4. The number of rotatable bonds is 4. The van der Waals surface area contributed by atoms with Gasteiger partial charge in [0.1, 0.15) is 0 Å². The van der Waals surface area contributed by atoms with Crippen LogP contribution in [0, 0.1) is 0 Å². The van der Waals surface area contributed by atoms with E-state index in [9.17, 15) is 9.59 Å². The number of amides is 2. The number of nitrogens with two attached hydrogens (primary N) is 1. The number of anilines is 1. The third-order valence-electron chi connectivity index (χ3n) is 4.98. The van der Waals surface area contributed by atoms with Gasteiger partial charge in [0.2, 0.25) is 5.91 Å².